The van der Waals surface area contributed by atoms with Gasteiger partial charge in [-0.25, -0.2) is 9.59 Å². The number of amides is 2. The van der Waals surface area contributed by atoms with Crippen molar-refractivity contribution in [2.24, 2.45) is 0 Å². The maximum absolute atomic E-state index is 11.5. The molecule has 1 heterocycles. The lowest BCUT2D eigenvalue weighted by Crippen LogP contribution is -2.30. The lowest BCUT2D eigenvalue weighted by molar-refractivity contribution is 0.0698. The molecule has 0 bridgehead atoms. The van der Waals surface area contributed by atoms with Gasteiger partial charge in [-0.3, -0.25) is 5.32 Å². The van der Waals surface area contributed by atoms with E-state index in [2.05, 4.69) is 17.2 Å². The van der Waals surface area contributed by atoms with E-state index in [-0.39, 0.29) is 11.6 Å². The Hall–Kier alpha value is -1.47. The van der Waals surface area contributed by atoms with Gasteiger partial charge < -0.3 is 10.4 Å². The minimum atomic E-state index is -1.05. The molecule has 1 aromatic rings. The smallest absolute Gasteiger partial charge is 0.338 e. The van der Waals surface area contributed by atoms with Crippen molar-refractivity contribution >= 4 is 40.1 Å². The van der Waals surface area contributed by atoms with Gasteiger partial charge in [0.15, 0.2) is 0 Å². The third-order valence-electron chi connectivity index (χ3n) is 1.89. The zero-order chi connectivity index (χ0) is 13.4. The second-order valence-electron chi connectivity index (χ2n) is 3.21. The summed E-state index contributed by atoms with van der Waals surface area (Å²) in [5, 5.41) is 16.0. The normalized spacial score (nSPS) is 9.78. The number of nitrogens with one attached hydrogen (secondary N) is 2. The van der Waals surface area contributed by atoms with Crippen LogP contribution in [-0.4, -0.2) is 35.2 Å². The zero-order valence-corrected chi connectivity index (χ0v) is 11.3. The van der Waals surface area contributed by atoms with Crippen molar-refractivity contribution in [1.29, 1.82) is 0 Å². The topological polar surface area (TPSA) is 78.4 Å². The molecule has 0 atom stereocenters. The highest BCUT2D eigenvalue weighted by atomic mass is 32.2. The summed E-state index contributed by atoms with van der Waals surface area (Å²) in [6.07, 6.45) is 1.80. The van der Waals surface area contributed by atoms with Crippen LogP contribution in [0, 0.1) is 0 Å². The van der Waals surface area contributed by atoms with Gasteiger partial charge in [-0.15, -0.1) is 17.9 Å². The summed E-state index contributed by atoms with van der Waals surface area (Å²) < 4.78 is 0. The molecule has 0 aromatic carbocycles. The van der Waals surface area contributed by atoms with Crippen LogP contribution in [0.3, 0.4) is 0 Å². The van der Waals surface area contributed by atoms with E-state index in [0.29, 0.717) is 11.5 Å². The number of urea groups is 1. The van der Waals surface area contributed by atoms with Crippen LogP contribution in [0.4, 0.5) is 9.80 Å². The first-order chi connectivity index (χ1) is 8.65. The van der Waals surface area contributed by atoms with Crippen molar-refractivity contribution in [2.45, 2.75) is 0 Å². The number of rotatable bonds is 7. The lowest BCUT2D eigenvalue weighted by Gasteiger charge is -2.06. The van der Waals surface area contributed by atoms with Crippen LogP contribution in [0.15, 0.2) is 24.1 Å². The Morgan fingerprint density at radius 3 is 3.00 bits per heavy atom. The lowest BCUT2D eigenvalue weighted by atomic mass is 10.3. The Labute approximate surface area is 113 Å². The monoisotopic (exact) mass is 286 g/mol. The van der Waals surface area contributed by atoms with E-state index in [0.717, 1.165) is 11.5 Å². The number of thiophene rings is 1. The van der Waals surface area contributed by atoms with Crippen molar-refractivity contribution in [3.63, 3.8) is 0 Å². The maximum atomic E-state index is 11.5. The fourth-order valence-corrected chi connectivity index (χ4v) is 2.48. The molecule has 0 fully saturated rings. The van der Waals surface area contributed by atoms with Gasteiger partial charge in [0.2, 0.25) is 0 Å². The molecule has 0 saturated carbocycles. The van der Waals surface area contributed by atoms with Crippen LogP contribution in [0.5, 0.6) is 0 Å². The van der Waals surface area contributed by atoms with E-state index in [9.17, 15) is 9.59 Å². The number of anilines is 1. The largest absolute Gasteiger partial charge is 0.478 e. The molecule has 2 amide bonds. The average molecular weight is 286 g/mol. The molecule has 0 radical (unpaired) electrons. The van der Waals surface area contributed by atoms with Crippen LogP contribution in [0.1, 0.15) is 10.4 Å². The van der Waals surface area contributed by atoms with Crippen molar-refractivity contribution in [3.05, 3.63) is 29.7 Å². The first-order valence-electron chi connectivity index (χ1n) is 5.19. The number of carbonyl (C=O) groups excluding carboxylic acids is 1. The van der Waals surface area contributed by atoms with Gasteiger partial charge in [-0.2, -0.15) is 11.8 Å². The minimum Gasteiger partial charge on any atom is -0.478 e. The summed E-state index contributed by atoms with van der Waals surface area (Å²) in [6.45, 7) is 4.12. The highest BCUT2D eigenvalue weighted by Crippen LogP contribution is 2.22. The molecule has 0 unspecified atom stereocenters. The molecular formula is C11H14N2O3S2. The molecule has 1 rings (SSSR count). The summed E-state index contributed by atoms with van der Waals surface area (Å²) in [5.74, 6) is 0.584. The van der Waals surface area contributed by atoms with Crippen molar-refractivity contribution < 1.29 is 14.7 Å². The number of hydrogen-bond acceptors (Lipinski definition) is 4. The highest BCUT2D eigenvalue weighted by molar-refractivity contribution is 7.99. The Balaban J connectivity index is 2.33. The van der Waals surface area contributed by atoms with Gasteiger partial charge in [0.25, 0.3) is 0 Å². The van der Waals surface area contributed by atoms with Gasteiger partial charge in [0.05, 0.1) is 5.56 Å². The van der Waals surface area contributed by atoms with Crippen molar-refractivity contribution in [1.82, 2.24) is 5.32 Å². The molecule has 0 saturated heterocycles. The van der Waals surface area contributed by atoms with E-state index >= 15 is 0 Å². The molecule has 18 heavy (non-hydrogen) atoms. The quantitative estimate of drug-likeness (QED) is 0.531. The highest BCUT2D eigenvalue weighted by Gasteiger charge is 2.13. The minimum absolute atomic E-state index is 0.108. The van der Waals surface area contributed by atoms with Gasteiger partial charge in [-0.1, -0.05) is 6.08 Å². The maximum Gasteiger partial charge on any atom is 0.338 e. The first kappa shape index (κ1) is 14.6. The van der Waals surface area contributed by atoms with Gasteiger partial charge in [-0.05, 0) is 11.4 Å². The SMILES string of the molecule is C=CCSCCNC(=O)Nc1sccc1C(=O)O. The predicted molar refractivity (Wildman–Crippen MR) is 75.8 cm³/mol. The Morgan fingerprint density at radius 1 is 1.56 bits per heavy atom. The summed E-state index contributed by atoms with van der Waals surface area (Å²) in [5.41, 5.74) is 0.108. The van der Waals surface area contributed by atoms with Crippen LogP contribution in [-0.2, 0) is 0 Å². The standard InChI is InChI=1S/C11H14N2O3S2/c1-2-5-17-7-4-12-11(16)13-9-8(10(14)15)3-6-18-9/h2-3,6H,1,4-5,7H2,(H,14,15)(H2,12,13,16). The Morgan fingerprint density at radius 2 is 2.33 bits per heavy atom. The van der Waals surface area contributed by atoms with E-state index in [4.69, 9.17) is 5.11 Å². The molecule has 0 aliphatic heterocycles. The molecule has 3 N–H and O–H groups in total. The number of hydrogen-bond donors (Lipinski definition) is 3. The van der Waals surface area contributed by atoms with E-state index in [1.54, 1.807) is 23.2 Å². The third kappa shape index (κ3) is 4.80. The second-order valence-corrected chi connectivity index (χ2v) is 5.28. The van der Waals surface area contributed by atoms with Crippen molar-refractivity contribution in [2.75, 3.05) is 23.4 Å². The van der Waals surface area contributed by atoms with E-state index < -0.39 is 5.97 Å². The molecule has 7 heteroatoms. The molecule has 0 spiro atoms. The number of carboxylic acid groups (broad SMARTS) is 1. The van der Waals surface area contributed by atoms with E-state index in [1.807, 2.05) is 0 Å². The van der Waals surface area contributed by atoms with Crippen LogP contribution >= 0.6 is 23.1 Å². The second kappa shape index (κ2) is 7.78. The fraction of sp³-hybridized carbons (Fsp3) is 0.273. The van der Waals surface area contributed by atoms with Gasteiger partial charge >= 0.3 is 12.0 Å². The fourth-order valence-electron chi connectivity index (χ4n) is 1.13. The Bertz CT molecular complexity index is 432. The molecule has 5 nitrogen and oxygen atoms in total. The molecule has 0 aliphatic carbocycles. The summed E-state index contributed by atoms with van der Waals surface area (Å²) >= 11 is 2.84. The van der Waals surface area contributed by atoms with Gasteiger partial charge in [0.1, 0.15) is 5.00 Å². The molecule has 98 valence electrons. The summed E-state index contributed by atoms with van der Waals surface area (Å²) in [6, 6.07) is 1.07. The Kier molecular flexibility index (Phi) is 6.31. The van der Waals surface area contributed by atoms with Gasteiger partial charge in [0, 0.05) is 18.1 Å². The van der Waals surface area contributed by atoms with Crippen LogP contribution < -0.4 is 10.6 Å². The number of carbonyl (C=O) groups is 2. The van der Waals surface area contributed by atoms with Crippen molar-refractivity contribution in [3.8, 4) is 0 Å². The van der Waals surface area contributed by atoms with Crippen LogP contribution in [0.2, 0.25) is 0 Å². The predicted octanol–water partition coefficient (Wildman–Crippen LogP) is 2.49. The average Bonchev–Trinajstić information content (AvgIpc) is 2.77. The number of carboxylic acids is 1. The molecule has 0 aliphatic rings. The number of thioether (sulfide) groups is 1. The zero-order valence-electron chi connectivity index (χ0n) is 9.64. The van der Waals surface area contributed by atoms with Crippen LogP contribution in [0.25, 0.3) is 0 Å². The summed E-state index contributed by atoms with van der Waals surface area (Å²) in [7, 11) is 0. The van der Waals surface area contributed by atoms with E-state index in [1.165, 1.54) is 17.4 Å². The summed E-state index contributed by atoms with van der Waals surface area (Å²) in [4.78, 5) is 22.3. The molecular weight excluding hydrogens is 272 g/mol. The first-order valence-corrected chi connectivity index (χ1v) is 7.23. The molecule has 1 aromatic heterocycles. The number of aromatic carboxylic acids is 1. The third-order valence-corrected chi connectivity index (χ3v) is 3.68.